The van der Waals surface area contributed by atoms with Crippen molar-refractivity contribution < 1.29 is 14.6 Å². The van der Waals surface area contributed by atoms with E-state index in [0.717, 1.165) is 32.1 Å². The summed E-state index contributed by atoms with van der Waals surface area (Å²) in [6.45, 7) is 7.14. The summed E-state index contributed by atoms with van der Waals surface area (Å²) in [5.41, 5.74) is -0.264. The van der Waals surface area contributed by atoms with E-state index in [9.17, 15) is 9.90 Å². The molecule has 0 aromatic carbocycles. The standard InChI is InChI=1S/C13H27NO3/c1-4-7-8-13(6-3,10-15)11-17-12(16)14-9-5-2/h15H,4-11H2,1-3H3,(H,14,16). The minimum absolute atomic E-state index is 0.0740. The highest BCUT2D eigenvalue weighted by Crippen LogP contribution is 2.28. The van der Waals surface area contributed by atoms with Crippen LogP contribution in [0.4, 0.5) is 4.79 Å². The Kier molecular flexibility index (Phi) is 8.86. The molecule has 0 bridgehead atoms. The first-order chi connectivity index (χ1) is 8.14. The summed E-state index contributed by atoms with van der Waals surface area (Å²) in [5.74, 6) is 0. The van der Waals surface area contributed by atoms with Gasteiger partial charge in [0.05, 0.1) is 6.61 Å². The van der Waals surface area contributed by atoms with Crippen molar-refractivity contribution in [1.29, 1.82) is 0 Å². The number of amides is 1. The van der Waals surface area contributed by atoms with Gasteiger partial charge in [-0.1, -0.05) is 33.6 Å². The van der Waals surface area contributed by atoms with Gasteiger partial charge in [-0.05, 0) is 19.3 Å². The zero-order valence-corrected chi connectivity index (χ0v) is 11.4. The third-order valence-electron chi connectivity index (χ3n) is 3.17. The van der Waals surface area contributed by atoms with Crippen molar-refractivity contribution in [3.63, 3.8) is 0 Å². The van der Waals surface area contributed by atoms with Crippen LogP contribution in [0.2, 0.25) is 0 Å². The van der Waals surface area contributed by atoms with Crippen LogP contribution < -0.4 is 5.32 Å². The van der Waals surface area contributed by atoms with Crippen molar-refractivity contribution in [2.75, 3.05) is 19.8 Å². The Labute approximate surface area is 105 Å². The zero-order valence-electron chi connectivity index (χ0n) is 11.4. The van der Waals surface area contributed by atoms with Crippen molar-refractivity contribution in [3.05, 3.63) is 0 Å². The second-order valence-corrected chi connectivity index (χ2v) is 4.62. The minimum Gasteiger partial charge on any atom is -0.449 e. The molecule has 0 aliphatic heterocycles. The second kappa shape index (κ2) is 9.28. The Bertz CT molecular complexity index is 203. The average molecular weight is 245 g/mol. The number of unbranched alkanes of at least 4 members (excludes halogenated alkanes) is 1. The summed E-state index contributed by atoms with van der Waals surface area (Å²) in [6.07, 6.45) is 4.37. The maximum absolute atomic E-state index is 11.3. The molecule has 2 N–H and O–H groups in total. The van der Waals surface area contributed by atoms with Crippen molar-refractivity contribution in [3.8, 4) is 0 Å². The second-order valence-electron chi connectivity index (χ2n) is 4.62. The third-order valence-corrected chi connectivity index (χ3v) is 3.17. The van der Waals surface area contributed by atoms with Gasteiger partial charge >= 0.3 is 6.09 Å². The molecule has 0 fully saturated rings. The number of rotatable bonds is 9. The monoisotopic (exact) mass is 245 g/mol. The Morgan fingerprint density at radius 2 is 2.00 bits per heavy atom. The molecule has 0 aromatic rings. The summed E-state index contributed by atoms with van der Waals surface area (Å²) < 4.78 is 5.18. The van der Waals surface area contributed by atoms with Gasteiger partial charge in [0.15, 0.2) is 0 Å². The Hall–Kier alpha value is -0.770. The van der Waals surface area contributed by atoms with E-state index in [-0.39, 0.29) is 18.1 Å². The molecule has 4 heteroatoms. The van der Waals surface area contributed by atoms with Crippen LogP contribution in [0.5, 0.6) is 0 Å². The Morgan fingerprint density at radius 1 is 1.29 bits per heavy atom. The lowest BCUT2D eigenvalue weighted by atomic mass is 9.82. The van der Waals surface area contributed by atoms with Gasteiger partial charge in [0, 0.05) is 12.0 Å². The molecule has 0 rings (SSSR count). The summed E-state index contributed by atoms with van der Waals surface area (Å²) in [6, 6.07) is 0. The van der Waals surface area contributed by atoms with Gasteiger partial charge < -0.3 is 15.2 Å². The van der Waals surface area contributed by atoms with Crippen molar-refractivity contribution in [1.82, 2.24) is 5.32 Å². The van der Waals surface area contributed by atoms with Gasteiger partial charge in [-0.15, -0.1) is 0 Å². The smallest absolute Gasteiger partial charge is 0.407 e. The average Bonchev–Trinajstić information content (AvgIpc) is 2.37. The fourth-order valence-corrected chi connectivity index (χ4v) is 1.64. The van der Waals surface area contributed by atoms with Crippen LogP contribution in [0, 0.1) is 5.41 Å². The number of aliphatic hydroxyl groups excluding tert-OH is 1. The summed E-state index contributed by atoms with van der Waals surface area (Å²) in [7, 11) is 0. The molecule has 0 radical (unpaired) electrons. The van der Waals surface area contributed by atoms with E-state index in [1.54, 1.807) is 0 Å². The Morgan fingerprint density at radius 3 is 2.47 bits per heavy atom. The lowest BCUT2D eigenvalue weighted by Gasteiger charge is -2.30. The first-order valence-electron chi connectivity index (χ1n) is 6.65. The van der Waals surface area contributed by atoms with E-state index in [0.29, 0.717) is 13.2 Å². The van der Waals surface area contributed by atoms with Crippen LogP contribution in [0.1, 0.15) is 52.9 Å². The Balaban J connectivity index is 4.10. The van der Waals surface area contributed by atoms with E-state index in [1.165, 1.54) is 0 Å². The van der Waals surface area contributed by atoms with Gasteiger partial charge in [0.1, 0.15) is 6.61 Å². The number of hydrogen-bond acceptors (Lipinski definition) is 3. The lowest BCUT2D eigenvalue weighted by Crippen LogP contribution is -2.35. The first kappa shape index (κ1) is 16.2. The third kappa shape index (κ3) is 6.51. The number of carbonyl (C=O) groups excluding carboxylic acids is 1. The van der Waals surface area contributed by atoms with Crippen LogP contribution >= 0.6 is 0 Å². The number of aliphatic hydroxyl groups is 1. The zero-order chi connectivity index (χ0) is 13.1. The first-order valence-corrected chi connectivity index (χ1v) is 6.65. The predicted octanol–water partition coefficient (Wildman–Crippen LogP) is 2.70. The maximum Gasteiger partial charge on any atom is 0.407 e. The highest BCUT2D eigenvalue weighted by Gasteiger charge is 2.28. The molecule has 4 nitrogen and oxygen atoms in total. The predicted molar refractivity (Wildman–Crippen MR) is 69.0 cm³/mol. The number of hydrogen-bond donors (Lipinski definition) is 2. The SMILES string of the molecule is CCCCC(CC)(CO)COC(=O)NCCC. The number of carbonyl (C=O) groups is 1. The molecule has 1 atom stereocenters. The highest BCUT2D eigenvalue weighted by atomic mass is 16.5. The van der Waals surface area contributed by atoms with Crippen LogP contribution in [0.25, 0.3) is 0 Å². The van der Waals surface area contributed by atoms with Crippen LogP contribution in [0.15, 0.2) is 0 Å². The van der Waals surface area contributed by atoms with Gasteiger partial charge in [-0.3, -0.25) is 0 Å². The van der Waals surface area contributed by atoms with Gasteiger partial charge in [-0.2, -0.15) is 0 Å². The molecule has 0 saturated carbocycles. The molecule has 102 valence electrons. The summed E-state index contributed by atoms with van der Waals surface area (Å²) >= 11 is 0. The van der Waals surface area contributed by atoms with Crippen molar-refractivity contribution >= 4 is 6.09 Å². The molecule has 0 aliphatic carbocycles. The lowest BCUT2D eigenvalue weighted by molar-refractivity contribution is 0.0273. The van der Waals surface area contributed by atoms with E-state index in [2.05, 4.69) is 12.2 Å². The molecule has 17 heavy (non-hydrogen) atoms. The van der Waals surface area contributed by atoms with E-state index in [1.807, 2.05) is 13.8 Å². The molecule has 1 unspecified atom stereocenters. The normalized spacial score (nSPS) is 14.1. The van der Waals surface area contributed by atoms with Gasteiger partial charge in [0.25, 0.3) is 0 Å². The molecule has 0 heterocycles. The van der Waals surface area contributed by atoms with Gasteiger partial charge in [0.2, 0.25) is 0 Å². The molecule has 0 aromatic heterocycles. The van der Waals surface area contributed by atoms with E-state index < -0.39 is 0 Å². The molecular formula is C13H27NO3. The summed E-state index contributed by atoms with van der Waals surface area (Å²) in [4.78, 5) is 11.3. The molecule has 1 amide bonds. The van der Waals surface area contributed by atoms with Crippen LogP contribution in [-0.2, 0) is 4.74 Å². The van der Waals surface area contributed by atoms with Crippen LogP contribution in [-0.4, -0.2) is 31.0 Å². The largest absolute Gasteiger partial charge is 0.449 e. The van der Waals surface area contributed by atoms with Crippen molar-refractivity contribution in [2.24, 2.45) is 5.41 Å². The van der Waals surface area contributed by atoms with E-state index in [4.69, 9.17) is 4.74 Å². The summed E-state index contributed by atoms with van der Waals surface area (Å²) in [5, 5.41) is 12.1. The molecule has 0 spiro atoms. The fraction of sp³-hybridized carbons (Fsp3) is 0.923. The van der Waals surface area contributed by atoms with Crippen molar-refractivity contribution in [2.45, 2.75) is 52.9 Å². The molecule has 0 saturated heterocycles. The maximum atomic E-state index is 11.3. The molecular weight excluding hydrogens is 218 g/mol. The topological polar surface area (TPSA) is 58.6 Å². The molecule has 0 aliphatic rings. The number of nitrogens with one attached hydrogen (secondary N) is 1. The number of alkyl carbamates (subject to hydrolysis) is 1. The number of ether oxygens (including phenoxy) is 1. The quantitative estimate of drug-likeness (QED) is 0.656. The highest BCUT2D eigenvalue weighted by molar-refractivity contribution is 5.67. The van der Waals surface area contributed by atoms with E-state index >= 15 is 0 Å². The fourth-order valence-electron chi connectivity index (χ4n) is 1.64. The minimum atomic E-state index is -0.380. The van der Waals surface area contributed by atoms with Gasteiger partial charge in [-0.25, -0.2) is 4.79 Å². The van der Waals surface area contributed by atoms with Crippen LogP contribution in [0.3, 0.4) is 0 Å².